The molecule has 1 unspecified atom stereocenters. The molecule has 0 aliphatic rings. The summed E-state index contributed by atoms with van der Waals surface area (Å²) in [6, 6.07) is 0. The zero-order valence-electron chi connectivity index (χ0n) is 47.6. The van der Waals surface area contributed by atoms with Crippen molar-refractivity contribution in [1.82, 2.24) is 0 Å². The Morgan fingerprint density at radius 2 is 0.507 bits per heavy atom. The molecule has 0 aliphatic heterocycles. The van der Waals surface area contributed by atoms with Crippen LogP contribution >= 0.6 is 0 Å². The Bertz CT molecular complexity index is 1070. The normalized spacial score (nSPS) is 12.5. The van der Waals surface area contributed by atoms with E-state index in [1.807, 2.05) is 0 Å². The maximum atomic E-state index is 12.9. The van der Waals surface area contributed by atoms with Crippen molar-refractivity contribution in [2.24, 2.45) is 17.8 Å². The van der Waals surface area contributed by atoms with Crippen molar-refractivity contribution < 1.29 is 28.6 Å². The predicted molar refractivity (Wildman–Crippen MR) is 298 cm³/mol. The highest BCUT2D eigenvalue weighted by Gasteiger charge is 2.19. The largest absolute Gasteiger partial charge is 0.462 e. The van der Waals surface area contributed by atoms with Crippen LogP contribution in [0.5, 0.6) is 0 Å². The van der Waals surface area contributed by atoms with Gasteiger partial charge in [-0.05, 0) is 37.0 Å². The molecule has 0 aliphatic carbocycles. The standard InChI is InChI=1S/C63H122O6/c1-7-59(6)51-45-39-33-27-23-19-15-10-8-9-11-17-21-25-29-35-42-48-54-63(66)69-60(56-68-62(65)53-47-41-36-30-32-38-44-50-58(4)5)55-67-61(64)52-46-40-34-28-24-20-16-13-12-14-18-22-26-31-37-43-49-57(2)3/h57-60H,7-56H2,1-6H3/t59?,60-/m0/s1. The molecule has 0 rings (SSSR count). The summed E-state index contributed by atoms with van der Waals surface area (Å²) in [5.74, 6) is 1.70. The zero-order chi connectivity index (χ0) is 50.5. The molecule has 0 spiro atoms. The van der Waals surface area contributed by atoms with E-state index in [0.717, 1.165) is 75.5 Å². The van der Waals surface area contributed by atoms with Crippen LogP contribution in [-0.2, 0) is 28.6 Å². The first-order valence-electron chi connectivity index (χ1n) is 31.1. The van der Waals surface area contributed by atoms with Gasteiger partial charge in [-0.2, -0.15) is 0 Å². The molecule has 410 valence electrons. The molecule has 0 N–H and O–H groups in total. The highest BCUT2D eigenvalue weighted by molar-refractivity contribution is 5.71. The van der Waals surface area contributed by atoms with E-state index in [1.54, 1.807) is 0 Å². The van der Waals surface area contributed by atoms with Crippen LogP contribution in [0.4, 0.5) is 0 Å². The molecule has 0 aromatic carbocycles. The van der Waals surface area contributed by atoms with Gasteiger partial charge in [0, 0.05) is 19.3 Å². The molecule has 0 fully saturated rings. The van der Waals surface area contributed by atoms with Gasteiger partial charge in [0.1, 0.15) is 13.2 Å². The van der Waals surface area contributed by atoms with E-state index in [9.17, 15) is 14.4 Å². The molecule has 69 heavy (non-hydrogen) atoms. The third-order valence-corrected chi connectivity index (χ3v) is 14.8. The number of carbonyl (C=O) groups excluding carboxylic acids is 3. The van der Waals surface area contributed by atoms with Gasteiger partial charge in [0.05, 0.1) is 0 Å². The maximum Gasteiger partial charge on any atom is 0.306 e. The van der Waals surface area contributed by atoms with E-state index in [1.165, 1.54) is 231 Å². The summed E-state index contributed by atoms with van der Waals surface area (Å²) < 4.78 is 16.9. The molecule has 2 atom stereocenters. The lowest BCUT2D eigenvalue weighted by Gasteiger charge is -2.18. The quantitative estimate of drug-likeness (QED) is 0.0343. The highest BCUT2D eigenvalue weighted by atomic mass is 16.6. The Balaban J connectivity index is 4.20. The number of carbonyl (C=O) groups is 3. The second-order valence-corrected chi connectivity index (χ2v) is 22.9. The number of esters is 3. The number of ether oxygens (including phenoxy) is 3. The van der Waals surface area contributed by atoms with Crippen LogP contribution in [0.2, 0.25) is 0 Å². The van der Waals surface area contributed by atoms with Gasteiger partial charge in [-0.1, -0.05) is 311 Å². The monoisotopic (exact) mass is 975 g/mol. The highest BCUT2D eigenvalue weighted by Crippen LogP contribution is 2.19. The Morgan fingerprint density at radius 1 is 0.290 bits per heavy atom. The lowest BCUT2D eigenvalue weighted by molar-refractivity contribution is -0.167. The number of rotatable bonds is 56. The van der Waals surface area contributed by atoms with Gasteiger partial charge < -0.3 is 14.2 Å². The summed E-state index contributed by atoms with van der Waals surface area (Å²) in [5, 5.41) is 0. The van der Waals surface area contributed by atoms with Crippen molar-refractivity contribution in [1.29, 1.82) is 0 Å². The average molecular weight is 976 g/mol. The van der Waals surface area contributed by atoms with Gasteiger partial charge in [0.25, 0.3) is 0 Å². The van der Waals surface area contributed by atoms with E-state index in [4.69, 9.17) is 14.2 Å². The molecule has 6 heteroatoms. The van der Waals surface area contributed by atoms with Gasteiger partial charge in [-0.15, -0.1) is 0 Å². The number of hydrogen-bond donors (Lipinski definition) is 0. The predicted octanol–water partition coefficient (Wildman–Crippen LogP) is 20.7. The van der Waals surface area contributed by atoms with E-state index >= 15 is 0 Å². The summed E-state index contributed by atoms with van der Waals surface area (Å²) in [6.07, 6.45) is 58.3. The van der Waals surface area contributed by atoms with Crippen molar-refractivity contribution in [3.8, 4) is 0 Å². The molecule has 0 radical (unpaired) electrons. The van der Waals surface area contributed by atoms with Crippen LogP contribution in [0.3, 0.4) is 0 Å². The fourth-order valence-electron chi connectivity index (χ4n) is 9.67. The van der Waals surface area contributed by atoms with Crippen LogP contribution in [0.15, 0.2) is 0 Å². The third kappa shape index (κ3) is 55.6. The van der Waals surface area contributed by atoms with E-state index in [0.29, 0.717) is 19.3 Å². The van der Waals surface area contributed by atoms with Crippen molar-refractivity contribution in [2.75, 3.05) is 13.2 Å². The van der Waals surface area contributed by atoms with Gasteiger partial charge in [-0.25, -0.2) is 0 Å². The van der Waals surface area contributed by atoms with Gasteiger partial charge in [0.15, 0.2) is 6.10 Å². The first-order valence-corrected chi connectivity index (χ1v) is 31.1. The summed E-state index contributed by atoms with van der Waals surface area (Å²) >= 11 is 0. The minimum Gasteiger partial charge on any atom is -0.462 e. The van der Waals surface area contributed by atoms with Crippen LogP contribution in [-0.4, -0.2) is 37.2 Å². The second kappa shape index (κ2) is 54.2. The Labute approximate surface area is 431 Å². The van der Waals surface area contributed by atoms with Gasteiger partial charge in [-0.3, -0.25) is 14.4 Å². The molecule has 0 bridgehead atoms. The van der Waals surface area contributed by atoms with Crippen molar-refractivity contribution >= 4 is 17.9 Å². The SMILES string of the molecule is CCC(C)CCCCCCCCCCCCCCCCCCCCC(=O)O[C@@H](COC(=O)CCCCCCCCCCCCCCCCCCC(C)C)COC(=O)CCCCCCCCCC(C)C. The average Bonchev–Trinajstić information content (AvgIpc) is 3.32. The van der Waals surface area contributed by atoms with Gasteiger partial charge >= 0.3 is 17.9 Å². The molecule has 0 heterocycles. The fraction of sp³-hybridized carbons (Fsp3) is 0.952. The Morgan fingerprint density at radius 3 is 0.754 bits per heavy atom. The lowest BCUT2D eigenvalue weighted by Crippen LogP contribution is -2.30. The molecule has 0 amide bonds. The van der Waals surface area contributed by atoms with Crippen molar-refractivity contribution in [3.63, 3.8) is 0 Å². The van der Waals surface area contributed by atoms with Crippen LogP contribution in [0.1, 0.15) is 350 Å². The summed E-state index contributed by atoms with van der Waals surface area (Å²) in [4.78, 5) is 38.2. The summed E-state index contributed by atoms with van der Waals surface area (Å²) in [5.41, 5.74) is 0. The molecule has 0 aromatic heterocycles. The summed E-state index contributed by atoms with van der Waals surface area (Å²) in [7, 11) is 0. The van der Waals surface area contributed by atoms with Gasteiger partial charge in [0.2, 0.25) is 0 Å². The summed E-state index contributed by atoms with van der Waals surface area (Å²) in [6.45, 7) is 13.8. The first kappa shape index (κ1) is 67.4. The topological polar surface area (TPSA) is 78.9 Å². The molecule has 6 nitrogen and oxygen atoms in total. The van der Waals surface area contributed by atoms with E-state index < -0.39 is 6.10 Å². The lowest BCUT2D eigenvalue weighted by atomic mass is 9.99. The van der Waals surface area contributed by atoms with Crippen molar-refractivity contribution in [3.05, 3.63) is 0 Å². The fourth-order valence-corrected chi connectivity index (χ4v) is 9.67. The second-order valence-electron chi connectivity index (χ2n) is 22.9. The minimum absolute atomic E-state index is 0.0636. The minimum atomic E-state index is -0.764. The molecule has 0 saturated heterocycles. The van der Waals surface area contributed by atoms with Crippen LogP contribution in [0.25, 0.3) is 0 Å². The zero-order valence-corrected chi connectivity index (χ0v) is 47.6. The van der Waals surface area contributed by atoms with E-state index in [2.05, 4.69) is 41.5 Å². The number of hydrogen-bond acceptors (Lipinski definition) is 6. The van der Waals surface area contributed by atoms with Crippen LogP contribution < -0.4 is 0 Å². The third-order valence-electron chi connectivity index (χ3n) is 14.8. The molecule has 0 aromatic rings. The first-order chi connectivity index (χ1) is 33.6. The van der Waals surface area contributed by atoms with Crippen molar-refractivity contribution in [2.45, 2.75) is 356 Å². The van der Waals surface area contributed by atoms with Crippen LogP contribution in [0, 0.1) is 17.8 Å². The Kier molecular flexibility index (Phi) is 52.9. The number of unbranched alkanes of at least 4 members (excludes halogenated alkanes) is 38. The molecular weight excluding hydrogens is 853 g/mol. The molecular formula is C63H122O6. The maximum absolute atomic E-state index is 12.9. The van der Waals surface area contributed by atoms with E-state index in [-0.39, 0.29) is 31.1 Å². The molecule has 0 saturated carbocycles. The smallest absolute Gasteiger partial charge is 0.306 e. The Hall–Kier alpha value is -1.59.